The second-order valence-corrected chi connectivity index (χ2v) is 4.86. The first kappa shape index (κ1) is 12.9. The van der Waals surface area contributed by atoms with Gasteiger partial charge in [0.2, 0.25) is 0 Å². The highest BCUT2D eigenvalue weighted by atomic mass is 79.9. The van der Waals surface area contributed by atoms with E-state index in [4.69, 9.17) is 4.74 Å². The van der Waals surface area contributed by atoms with Crippen LogP contribution in [0.2, 0.25) is 0 Å². The molecule has 96 valence electrons. The molecule has 0 saturated carbocycles. The van der Waals surface area contributed by atoms with Crippen molar-refractivity contribution in [3.63, 3.8) is 0 Å². The van der Waals surface area contributed by atoms with E-state index < -0.39 is 6.16 Å². The van der Waals surface area contributed by atoms with Gasteiger partial charge in [-0.2, -0.15) is 0 Å². The normalized spacial score (nSPS) is 17.7. The van der Waals surface area contributed by atoms with Crippen LogP contribution >= 0.6 is 15.9 Å². The molecule has 0 saturated heterocycles. The number of carbonyl (C=O) groups excluding carboxylic acids is 2. The Bertz CT molecular complexity index is 489. The highest BCUT2D eigenvalue weighted by Crippen LogP contribution is 2.21. The average Bonchev–Trinajstić information content (AvgIpc) is 2.37. The minimum absolute atomic E-state index is 0.105. The molecule has 2 rings (SSSR count). The van der Waals surface area contributed by atoms with Crippen LogP contribution in [0.3, 0.4) is 0 Å². The summed E-state index contributed by atoms with van der Waals surface area (Å²) in [6.07, 6.45) is -0.114. The minimum Gasteiger partial charge on any atom is -0.438 e. The second-order valence-electron chi connectivity index (χ2n) is 3.94. The van der Waals surface area contributed by atoms with Crippen LogP contribution in [-0.2, 0) is 15.9 Å². The van der Waals surface area contributed by atoms with Gasteiger partial charge in [-0.05, 0) is 24.1 Å². The van der Waals surface area contributed by atoms with Gasteiger partial charge in [-0.25, -0.2) is 4.79 Å². The molecule has 1 aliphatic heterocycles. The molecule has 1 aromatic carbocycles. The van der Waals surface area contributed by atoms with Gasteiger partial charge in [-0.3, -0.25) is 4.79 Å². The summed E-state index contributed by atoms with van der Waals surface area (Å²) in [5, 5.41) is 2.79. The molecule has 0 aliphatic carbocycles. The number of amides is 1. The number of carbonyl (C=O) groups is 2. The summed E-state index contributed by atoms with van der Waals surface area (Å²) in [6.45, 7) is 0.105. The molecule has 0 spiro atoms. The fourth-order valence-electron chi connectivity index (χ4n) is 1.85. The zero-order valence-electron chi connectivity index (χ0n) is 9.73. The lowest BCUT2D eigenvalue weighted by Crippen LogP contribution is -2.44. The SMILES string of the molecule is COC(=O)OC[C@H]1Cc2ccc(Br)cc2C(=O)N1. The molecule has 0 radical (unpaired) electrons. The quantitative estimate of drug-likeness (QED) is 0.847. The van der Waals surface area contributed by atoms with Gasteiger partial charge in [0.1, 0.15) is 6.61 Å². The van der Waals surface area contributed by atoms with Crippen molar-refractivity contribution in [3.05, 3.63) is 33.8 Å². The van der Waals surface area contributed by atoms with Crippen molar-refractivity contribution >= 4 is 28.0 Å². The van der Waals surface area contributed by atoms with Crippen molar-refractivity contribution in [1.29, 1.82) is 0 Å². The Balaban J connectivity index is 2.06. The van der Waals surface area contributed by atoms with Crippen molar-refractivity contribution in [2.45, 2.75) is 12.5 Å². The maximum absolute atomic E-state index is 11.9. The molecular weight excluding hydrogens is 302 g/mol. The van der Waals surface area contributed by atoms with Gasteiger partial charge < -0.3 is 14.8 Å². The Hall–Kier alpha value is -1.56. The van der Waals surface area contributed by atoms with Crippen molar-refractivity contribution in [2.75, 3.05) is 13.7 Å². The van der Waals surface area contributed by atoms with Crippen LogP contribution in [0.4, 0.5) is 4.79 Å². The molecule has 18 heavy (non-hydrogen) atoms. The van der Waals surface area contributed by atoms with E-state index in [1.54, 1.807) is 6.07 Å². The van der Waals surface area contributed by atoms with E-state index >= 15 is 0 Å². The van der Waals surface area contributed by atoms with Crippen LogP contribution in [0, 0.1) is 0 Å². The molecular formula is C12H12BrNO4. The largest absolute Gasteiger partial charge is 0.508 e. The molecule has 1 N–H and O–H groups in total. The third kappa shape index (κ3) is 2.81. The number of nitrogens with one attached hydrogen (secondary N) is 1. The number of hydrogen-bond donors (Lipinski definition) is 1. The molecule has 1 atom stereocenters. The summed E-state index contributed by atoms with van der Waals surface area (Å²) < 4.78 is 10.1. The maximum Gasteiger partial charge on any atom is 0.508 e. The van der Waals surface area contributed by atoms with Gasteiger partial charge >= 0.3 is 6.16 Å². The Morgan fingerprint density at radius 2 is 2.33 bits per heavy atom. The van der Waals surface area contributed by atoms with E-state index in [2.05, 4.69) is 26.0 Å². The van der Waals surface area contributed by atoms with E-state index in [9.17, 15) is 9.59 Å². The van der Waals surface area contributed by atoms with E-state index in [0.29, 0.717) is 12.0 Å². The lowest BCUT2D eigenvalue weighted by Gasteiger charge is -2.25. The zero-order valence-corrected chi connectivity index (χ0v) is 11.3. The van der Waals surface area contributed by atoms with Crippen molar-refractivity contribution in [2.24, 2.45) is 0 Å². The van der Waals surface area contributed by atoms with Crippen LogP contribution in [-0.4, -0.2) is 31.8 Å². The first-order valence-corrected chi connectivity index (χ1v) is 6.19. The average molecular weight is 314 g/mol. The molecule has 0 aromatic heterocycles. The van der Waals surface area contributed by atoms with E-state index in [0.717, 1.165) is 10.0 Å². The smallest absolute Gasteiger partial charge is 0.438 e. The number of ether oxygens (including phenoxy) is 2. The summed E-state index contributed by atoms with van der Waals surface area (Å²) in [6, 6.07) is 5.34. The van der Waals surface area contributed by atoms with Gasteiger partial charge in [0.15, 0.2) is 0 Å². The summed E-state index contributed by atoms with van der Waals surface area (Å²) >= 11 is 3.33. The molecule has 1 heterocycles. The van der Waals surface area contributed by atoms with Crippen LogP contribution in [0.15, 0.2) is 22.7 Å². The van der Waals surface area contributed by atoms with Crippen LogP contribution < -0.4 is 5.32 Å². The molecule has 0 unspecified atom stereocenters. The molecule has 1 amide bonds. The fraction of sp³-hybridized carbons (Fsp3) is 0.333. The predicted molar refractivity (Wildman–Crippen MR) is 67.5 cm³/mol. The topological polar surface area (TPSA) is 64.6 Å². The lowest BCUT2D eigenvalue weighted by molar-refractivity contribution is 0.0607. The molecule has 5 nitrogen and oxygen atoms in total. The Kier molecular flexibility index (Phi) is 3.86. The fourth-order valence-corrected chi connectivity index (χ4v) is 2.21. The summed E-state index contributed by atoms with van der Waals surface area (Å²) in [5.74, 6) is -0.156. The number of rotatable bonds is 2. The maximum atomic E-state index is 11.9. The highest BCUT2D eigenvalue weighted by Gasteiger charge is 2.25. The van der Waals surface area contributed by atoms with Crippen molar-refractivity contribution in [1.82, 2.24) is 5.32 Å². The first-order valence-electron chi connectivity index (χ1n) is 5.40. The zero-order chi connectivity index (χ0) is 13.1. The molecule has 0 fully saturated rings. The monoisotopic (exact) mass is 313 g/mol. The number of halogens is 1. The number of benzene rings is 1. The van der Waals surface area contributed by atoms with Gasteiger partial charge in [-0.15, -0.1) is 0 Å². The van der Waals surface area contributed by atoms with Gasteiger partial charge in [0.05, 0.1) is 13.2 Å². The Labute approximate surface area is 113 Å². The minimum atomic E-state index is -0.745. The van der Waals surface area contributed by atoms with Crippen LogP contribution in [0.1, 0.15) is 15.9 Å². The number of methoxy groups -OCH3 is 1. The van der Waals surface area contributed by atoms with Gasteiger partial charge in [0, 0.05) is 10.0 Å². The summed E-state index contributed by atoms with van der Waals surface area (Å²) in [4.78, 5) is 22.7. The lowest BCUT2D eigenvalue weighted by atomic mass is 9.96. The van der Waals surface area contributed by atoms with Gasteiger partial charge in [0.25, 0.3) is 5.91 Å². The van der Waals surface area contributed by atoms with Crippen molar-refractivity contribution in [3.8, 4) is 0 Å². The molecule has 6 heteroatoms. The molecule has 1 aromatic rings. The summed E-state index contributed by atoms with van der Waals surface area (Å²) in [5.41, 5.74) is 1.60. The summed E-state index contributed by atoms with van der Waals surface area (Å²) in [7, 11) is 1.24. The van der Waals surface area contributed by atoms with Gasteiger partial charge in [-0.1, -0.05) is 22.0 Å². The third-order valence-electron chi connectivity index (χ3n) is 2.69. The molecule has 0 bridgehead atoms. The Morgan fingerprint density at radius 3 is 3.06 bits per heavy atom. The first-order chi connectivity index (χ1) is 8.60. The van der Waals surface area contributed by atoms with Crippen LogP contribution in [0.25, 0.3) is 0 Å². The van der Waals surface area contributed by atoms with E-state index in [1.165, 1.54) is 7.11 Å². The van der Waals surface area contributed by atoms with E-state index in [1.807, 2.05) is 12.1 Å². The highest BCUT2D eigenvalue weighted by molar-refractivity contribution is 9.10. The predicted octanol–water partition coefficient (Wildman–Crippen LogP) is 1.89. The standard InChI is InChI=1S/C12H12BrNO4/c1-17-12(16)18-6-9-4-7-2-3-8(13)5-10(7)11(15)14-9/h2-3,5,9H,4,6H2,1H3,(H,14,15)/t9-/m1/s1. The second kappa shape index (κ2) is 5.39. The number of hydrogen-bond acceptors (Lipinski definition) is 4. The Morgan fingerprint density at radius 1 is 1.56 bits per heavy atom. The van der Waals surface area contributed by atoms with E-state index in [-0.39, 0.29) is 18.6 Å². The molecule has 1 aliphatic rings. The van der Waals surface area contributed by atoms with Crippen LogP contribution in [0.5, 0.6) is 0 Å². The van der Waals surface area contributed by atoms with Crippen molar-refractivity contribution < 1.29 is 19.1 Å². The third-order valence-corrected chi connectivity index (χ3v) is 3.18. The number of fused-ring (bicyclic) bond motifs is 1.